The fourth-order valence-electron chi connectivity index (χ4n) is 1.33. The number of carbonyl (C=O) groups excluding carboxylic acids is 2. The average Bonchev–Trinajstić information content (AvgIpc) is 2.32. The minimum Gasteiger partial charge on any atom is -0.521 e. The maximum atomic E-state index is 11.9. The van der Waals surface area contributed by atoms with Crippen LogP contribution in [0.4, 0.5) is 13.2 Å². The molecule has 1 amide bonds. The number of rotatable bonds is 8. The van der Waals surface area contributed by atoms with E-state index >= 15 is 0 Å². The molecule has 0 aliphatic rings. The maximum absolute atomic E-state index is 11.9. The zero-order valence-corrected chi connectivity index (χ0v) is 16.9. The number of nitrogens with one attached hydrogen (secondary N) is 1. The number of aliphatic carboxylic acids is 1. The molecule has 0 saturated carbocycles. The van der Waals surface area contributed by atoms with Crippen LogP contribution in [0, 0.1) is 0 Å². The van der Waals surface area contributed by atoms with Crippen molar-refractivity contribution >= 4 is 18.3 Å². The molecule has 0 atom stereocenters. The number of carboxylic acids is 1. The van der Waals surface area contributed by atoms with Crippen molar-refractivity contribution in [2.75, 3.05) is 26.7 Å². The molecular weight excluding hydrogens is 590 g/mol. The van der Waals surface area contributed by atoms with E-state index in [9.17, 15) is 27.6 Å². The van der Waals surface area contributed by atoms with Crippen molar-refractivity contribution in [3.8, 4) is 0 Å². The fourth-order valence-corrected chi connectivity index (χ4v) is 1.33. The van der Waals surface area contributed by atoms with Crippen LogP contribution in [-0.4, -0.2) is 66.8 Å². The van der Waals surface area contributed by atoms with Crippen molar-refractivity contribution in [2.24, 2.45) is 0 Å². The minimum absolute atomic E-state index is 0. The van der Waals surface area contributed by atoms with Gasteiger partial charge in [0.2, 0.25) is 0 Å². The third-order valence-electron chi connectivity index (χ3n) is 2.13. The standard InChI is InChI=1S/C11H20F3NO2.C3H4NO3.Fm/c1-10(2,3)17-9(16)8-15(4)7-5-6-11(12,13)14;5-2-4-1-3(6)7;/h5-8H2,1-4H3;1H2,(H,4,5)(H,6,7);/q;-1;. The van der Waals surface area contributed by atoms with Crippen molar-refractivity contribution in [1.82, 2.24) is 10.2 Å². The van der Waals surface area contributed by atoms with Crippen LogP contribution in [0.15, 0.2) is 0 Å². The third-order valence-corrected chi connectivity index (χ3v) is 2.13. The van der Waals surface area contributed by atoms with Crippen LogP contribution in [0.5, 0.6) is 0 Å². The number of carboxylic acid groups (broad SMARTS) is 1. The first-order chi connectivity index (χ1) is 10.8. The van der Waals surface area contributed by atoms with Crippen molar-refractivity contribution in [3.05, 3.63) is 0 Å². The Balaban J connectivity index is -0.000000513. The van der Waals surface area contributed by atoms with Crippen molar-refractivity contribution in [2.45, 2.75) is 45.4 Å². The van der Waals surface area contributed by atoms with E-state index in [1.165, 1.54) is 11.3 Å². The van der Waals surface area contributed by atoms with Crippen LogP contribution in [-0.2, 0) is 19.1 Å². The summed E-state index contributed by atoms with van der Waals surface area (Å²) in [6.45, 7) is 5.11. The van der Waals surface area contributed by atoms with Gasteiger partial charge in [-0.3, -0.25) is 14.5 Å². The fraction of sp³-hybridized carbons (Fsp3) is 0.786. The maximum Gasteiger partial charge on any atom is 0.389 e. The Kier molecular flexibility index (Phi) is 13.6. The number of alkyl halides is 3. The van der Waals surface area contributed by atoms with Gasteiger partial charge in [-0.15, -0.1) is 0 Å². The molecule has 0 aliphatic heterocycles. The van der Waals surface area contributed by atoms with Crippen LogP contribution in [0.1, 0.15) is 33.6 Å². The number of halogens is 3. The summed E-state index contributed by atoms with van der Waals surface area (Å²) in [5.74, 6) is -1.49. The molecule has 0 aromatic carbocycles. The van der Waals surface area contributed by atoms with E-state index in [1.807, 2.05) is 5.32 Å². The molecule has 0 fully saturated rings. The second kappa shape index (κ2) is 12.6. The van der Waals surface area contributed by atoms with Crippen LogP contribution >= 0.6 is 0 Å². The normalized spacial score (nSPS) is 10.9. The van der Waals surface area contributed by atoms with E-state index in [0.717, 1.165) is 0 Å². The van der Waals surface area contributed by atoms with E-state index in [4.69, 9.17) is 9.84 Å². The van der Waals surface area contributed by atoms with Gasteiger partial charge in [0, 0.05) is 6.42 Å². The number of hydrogen-bond acceptors (Lipinski definition) is 5. The van der Waals surface area contributed by atoms with Crippen molar-refractivity contribution in [3.63, 3.8) is 0 Å². The SMILES string of the molecule is CN(CCCC(F)(F)F)CC(=O)OC(C)(C)C.O=[C-]NCC(=O)O.[Fm]. The molecule has 11 heteroatoms. The van der Waals surface area contributed by atoms with Gasteiger partial charge in [0.15, 0.2) is 0 Å². The summed E-state index contributed by atoms with van der Waals surface area (Å²) in [5, 5.41) is 9.65. The molecule has 0 heterocycles. The number of amides is 1. The summed E-state index contributed by atoms with van der Waals surface area (Å²) < 4.78 is 40.7. The molecule has 0 bridgehead atoms. The molecule has 0 aromatic rings. The first kappa shape index (κ1) is 27.0. The zero-order chi connectivity index (χ0) is 19.4. The molecular formula is C14H24F3FmN2O5-. The van der Waals surface area contributed by atoms with E-state index in [2.05, 4.69) is 0 Å². The van der Waals surface area contributed by atoms with E-state index in [-0.39, 0.29) is 26.1 Å². The number of ether oxygens (including phenoxy) is 1. The molecule has 0 radical (unpaired) electrons. The molecule has 0 aliphatic carbocycles. The molecule has 0 rings (SSSR count). The van der Waals surface area contributed by atoms with Gasteiger partial charge in [-0.25, -0.2) is 0 Å². The summed E-state index contributed by atoms with van der Waals surface area (Å²) in [4.78, 5) is 31.6. The largest absolute Gasteiger partial charge is 0.521 e. The summed E-state index contributed by atoms with van der Waals surface area (Å²) >= 11 is 0. The number of likely N-dealkylation sites (N-methyl/N-ethyl adjacent to an activating group) is 1. The quantitative estimate of drug-likeness (QED) is 0.244. The van der Waals surface area contributed by atoms with Gasteiger partial charge in [-0.2, -0.15) is 19.6 Å². The summed E-state index contributed by atoms with van der Waals surface area (Å²) in [6.07, 6.45) is -3.75. The predicted octanol–water partition coefficient (Wildman–Crippen LogP) is 1.33. The second-order valence-electron chi connectivity index (χ2n) is 5.89. The molecule has 154 valence electrons. The minimum atomic E-state index is -4.13. The van der Waals surface area contributed by atoms with Crippen molar-refractivity contribution in [1.29, 1.82) is 0 Å². The Morgan fingerprint density at radius 2 is 1.76 bits per heavy atom. The second-order valence-corrected chi connectivity index (χ2v) is 5.89. The molecule has 0 saturated heterocycles. The first-order valence-electron chi connectivity index (χ1n) is 7.06. The van der Waals surface area contributed by atoms with Gasteiger partial charge >= 0.3 is 18.1 Å². The Morgan fingerprint density at radius 3 is 2.08 bits per heavy atom. The Morgan fingerprint density at radius 1 is 1.24 bits per heavy atom. The smallest absolute Gasteiger partial charge is 0.389 e. The zero-order valence-electron chi connectivity index (χ0n) is 14.5. The monoisotopic (exact) mass is 614 g/mol. The summed E-state index contributed by atoms with van der Waals surface area (Å²) in [5.41, 5.74) is -0.566. The Bertz CT molecular complexity index is 401. The van der Waals surface area contributed by atoms with Crippen molar-refractivity contribution < 1.29 is 37.4 Å². The van der Waals surface area contributed by atoms with Gasteiger partial charge in [0.1, 0.15) is 5.60 Å². The van der Waals surface area contributed by atoms with E-state index in [1.54, 1.807) is 27.8 Å². The van der Waals surface area contributed by atoms with Crippen LogP contribution in [0.3, 0.4) is 0 Å². The molecule has 0 aromatic heterocycles. The van der Waals surface area contributed by atoms with Crippen LogP contribution in [0.25, 0.3) is 0 Å². The van der Waals surface area contributed by atoms with E-state index in [0.29, 0.717) is 0 Å². The number of hydrogen-bond donors (Lipinski definition) is 2. The molecule has 0 spiro atoms. The topological polar surface area (TPSA) is 95.9 Å². The van der Waals surface area contributed by atoms with Gasteiger partial charge < -0.3 is 20.0 Å². The van der Waals surface area contributed by atoms with Gasteiger partial charge in [-0.05, 0) is 40.8 Å². The Labute approximate surface area is 139 Å². The van der Waals surface area contributed by atoms with Gasteiger partial charge in [0.25, 0.3) is 0 Å². The molecule has 2 N–H and O–H groups in total. The van der Waals surface area contributed by atoms with Crippen LogP contribution in [0.2, 0.25) is 0 Å². The summed E-state index contributed by atoms with van der Waals surface area (Å²) in [6, 6.07) is 0. The number of esters is 1. The molecule has 7 nitrogen and oxygen atoms in total. The number of carbonyl (C=O) groups is 2. The first-order valence-corrected chi connectivity index (χ1v) is 7.06. The number of nitrogens with zero attached hydrogens (tertiary/aromatic N) is 1. The van der Waals surface area contributed by atoms with Crippen LogP contribution < -0.4 is 5.32 Å². The molecule has 0 unspecified atom stereocenters. The predicted molar refractivity (Wildman–Crippen MR) is 80.0 cm³/mol. The van der Waals surface area contributed by atoms with Gasteiger partial charge in [0.05, 0.1) is 13.1 Å². The molecule has 25 heavy (non-hydrogen) atoms. The summed E-state index contributed by atoms with van der Waals surface area (Å²) in [7, 11) is 1.60. The third kappa shape index (κ3) is 26.4. The average molecular weight is 614 g/mol. The Hall–Kier alpha value is -2.84. The van der Waals surface area contributed by atoms with E-state index < -0.39 is 30.1 Å². The van der Waals surface area contributed by atoms with Gasteiger partial charge in [-0.1, -0.05) is 0 Å².